The maximum atomic E-state index is 5.99. The van der Waals surface area contributed by atoms with Crippen molar-refractivity contribution in [2.75, 3.05) is 6.61 Å². The highest BCUT2D eigenvalue weighted by Gasteiger charge is 2.20. The van der Waals surface area contributed by atoms with E-state index in [4.69, 9.17) is 10.5 Å². The monoisotopic (exact) mass is 192 g/mol. The van der Waals surface area contributed by atoms with E-state index < -0.39 is 0 Å². The molecule has 76 valence electrons. The zero-order valence-corrected chi connectivity index (χ0v) is 8.49. The van der Waals surface area contributed by atoms with Gasteiger partial charge in [0.2, 0.25) is 0 Å². The topological polar surface area (TPSA) is 48.1 Å². The number of rotatable bonds is 2. The summed E-state index contributed by atoms with van der Waals surface area (Å²) in [6, 6.07) is 2.03. The van der Waals surface area contributed by atoms with Crippen LogP contribution in [0, 0.1) is 0 Å². The minimum absolute atomic E-state index is 0.0964. The number of nitrogens with two attached hydrogens (primary N) is 1. The van der Waals surface area contributed by atoms with Crippen LogP contribution in [-0.4, -0.2) is 11.6 Å². The molecular formula is C11H16N2O. The molecule has 3 heteroatoms. The lowest BCUT2D eigenvalue weighted by Gasteiger charge is -2.22. The van der Waals surface area contributed by atoms with E-state index in [1.165, 1.54) is 5.56 Å². The van der Waals surface area contributed by atoms with Gasteiger partial charge in [0.15, 0.2) is 0 Å². The number of ether oxygens (including phenoxy) is 1. The van der Waals surface area contributed by atoms with Gasteiger partial charge in [0.05, 0.1) is 12.3 Å². The highest BCUT2D eigenvalue weighted by molar-refractivity contribution is 5.38. The molecule has 1 atom stereocenters. The lowest BCUT2D eigenvalue weighted by molar-refractivity contribution is 0.332. The number of fused-ring (bicyclic) bond motifs is 1. The summed E-state index contributed by atoms with van der Waals surface area (Å²) in [5, 5.41) is 0. The second kappa shape index (κ2) is 3.96. The van der Waals surface area contributed by atoms with E-state index in [2.05, 4.69) is 4.98 Å². The van der Waals surface area contributed by atoms with Gasteiger partial charge in [-0.1, -0.05) is 0 Å². The Bertz CT molecular complexity index is 325. The molecule has 1 aromatic rings. The Labute approximate surface area is 84.3 Å². The van der Waals surface area contributed by atoms with Crippen molar-refractivity contribution in [3.8, 4) is 5.75 Å². The number of hydrogen-bond donors (Lipinski definition) is 1. The molecule has 1 aromatic heterocycles. The van der Waals surface area contributed by atoms with E-state index in [0.29, 0.717) is 6.61 Å². The zero-order valence-electron chi connectivity index (χ0n) is 8.49. The number of nitrogens with zero attached hydrogens (tertiary/aromatic N) is 1. The van der Waals surface area contributed by atoms with Gasteiger partial charge in [-0.25, -0.2) is 0 Å². The van der Waals surface area contributed by atoms with Crippen LogP contribution in [0.3, 0.4) is 0 Å². The standard InChI is InChI=1S/C11H16N2O/c1-2-14-10-6-7-13-11-8(10)4-3-5-9(11)12/h6-7,9H,2-5,12H2,1H3. The van der Waals surface area contributed by atoms with Crippen LogP contribution >= 0.6 is 0 Å². The number of aromatic nitrogens is 1. The predicted octanol–water partition coefficient (Wildman–Crippen LogP) is 1.82. The molecule has 0 bridgehead atoms. The van der Waals surface area contributed by atoms with Crippen LogP contribution in [0.2, 0.25) is 0 Å². The molecule has 0 saturated heterocycles. The molecular weight excluding hydrogens is 176 g/mol. The van der Waals surface area contributed by atoms with Crippen LogP contribution in [-0.2, 0) is 6.42 Å². The summed E-state index contributed by atoms with van der Waals surface area (Å²) in [7, 11) is 0. The van der Waals surface area contributed by atoms with E-state index in [1.807, 2.05) is 13.0 Å². The lowest BCUT2D eigenvalue weighted by atomic mass is 9.92. The minimum Gasteiger partial charge on any atom is -0.493 e. The predicted molar refractivity (Wildman–Crippen MR) is 55.3 cm³/mol. The fourth-order valence-electron chi connectivity index (χ4n) is 1.99. The van der Waals surface area contributed by atoms with Crippen LogP contribution in [0.15, 0.2) is 12.3 Å². The maximum absolute atomic E-state index is 5.99. The van der Waals surface area contributed by atoms with Crippen molar-refractivity contribution in [3.63, 3.8) is 0 Å². The second-order valence-electron chi connectivity index (χ2n) is 3.60. The molecule has 1 aliphatic carbocycles. The lowest BCUT2D eigenvalue weighted by Crippen LogP contribution is -2.19. The van der Waals surface area contributed by atoms with Gasteiger partial charge in [0.1, 0.15) is 5.75 Å². The Morgan fingerprint density at radius 1 is 1.64 bits per heavy atom. The van der Waals surface area contributed by atoms with E-state index in [9.17, 15) is 0 Å². The largest absolute Gasteiger partial charge is 0.493 e. The summed E-state index contributed by atoms with van der Waals surface area (Å²) in [5.41, 5.74) is 8.24. The zero-order chi connectivity index (χ0) is 9.97. The van der Waals surface area contributed by atoms with Gasteiger partial charge in [-0.15, -0.1) is 0 Å². The number of hydrogen-bond acceptors (Lipinski definition) is 3. The summed E-state index contributed by atoms with van der Waals surface area (Å²) in [6.45, 7) is 2.70. The fraction of sp³-hybridized carbons (Fsp3) is 0.545. The molecule has 3 nitrogen and oxygen atoms in total. The molecule has 0 aliphatic heterocycles. The minimum atomic E-state index is 0.0964. The SMILES string of the molecule is CCOc1ccnc2c1CCCC2N. The highest BCUT2D eigenvalue weighted by Crippen LogP contribution is 2.32. The molecule has 0 amide bonds. The molecule has 2 rings (SSSR count). The Kier molecular flexibility index (Phi) is 2.68. The molecule has 2 N–H and O–H groups in total. The van der Waals surface area contributed by atoms with Gasteiger partial charge in [0, 0.05) is 17.8 Å². The smallest absolute Gasteiger partial charge is 0.125 e. The third-order valence-corrected chi connectivity index (χ3v) is 2.64. The molecule has 1 aliphatic rings. The molecule has 0 radical (unpaired) electrons. The van der Waals surface area contributed by atoms with Crippen LogP contribution < -0.4 is 10.5 Å². The Balaban J connectivity index is 2.39. The van der Waals surface area contributed by atoms with E-state index >= 15 is 0 Å². The maximum Gasteiger partial charge on any atom is 0.125 e. The summed E-state index contributed by atoms with van der Waals surface area (Å²) in [6.07, 6.45) is 5.01. The van der Waals surface area contributed by atoms with Crippen molar-refractivity contribution in [1.82, 2.24) is 4.98 Å². The van der Waals surface area contributed by atoms with Crippen molar-refractivity contribution < 1.29 is 4.74 Å². The summed E-state index contributed by atoms with van der Waals surface area (Å²) < 4.78 is 5.56. The molecule has 0 saturated carbocycles. The molecule has 14 heavy (non-hydrogen) atoms. The van der Waals surface area contributed by atoms with Crippen molar-refractivity contribution in [1.29, 1.82) is 0 Å². The van der Waals surface area contributed by atoms with Gasteiger partial charge in [0.25, 0.3) is 0 Å². The Morgan fingerprint density at radius 2 is 2.50 bits per heavy atom. The second-order valence-corrected chi connectivity index (χ2v) is 3.60. The summed E-state index contributed by atoms with van der Waals surface area (Å²) in [5.74, 6) is 0.965. The van der Waals surface area contributed by atoms with Crippen molar-refractivity contribution in [3.05, 3.63) is 23.5 Å². The Hall–Kier alpha value is -1.09. The van der Waals surface area contributed by atoms with Gasteiger partial charge in [-0.2, -0.15) is 0 Å². The van der Waals surface area contributed by atoms with E-state index in [-0.39, 0.29) is 6.04 Å². The molecule has 0 fully saturated rings. The first-order valence-corrected chi connectivity index (χ1v) is 5.19. The first kappa shape index (κ1) is 9.46. The average Bonchev–Trinajstić information content (AvgIpc) is 2.20. The van der Waals surface area contributed by atoms with Gasteiger partial charge < -0.3 is 10.5 Å². The quantitative estimate of drug-likeness (QED) is 0.777. The average molecular weight is 192 g/mol. The van der Waals surface area contributed by atoms with Crippen molar-refractivity contribution in [2.24, 2.45) is 5.73 Å². The first-order chi connectivity index (χ1) is 6.83. The van der Waals surface area contributed by atoms with Gasteiger partial charge in [-0.3, -0.25) is 4.98 Å². The molecule has 0 aromatic carbocycles. The molecule has 0 spiro atoms. The van der Waals surface area contributed by atoms with Crippen LogP contribution in [0.1, 0.15) is 37.1 Å². The normalized spacial score (nSPS) is 20.3. The van der Waals surface area contributed by atoms with Gasteiger partial charge >= 0.3 is 0 Å². The van der Waals surface area contributed by atoms with E-state index in [1.54, 1.807) is 6.20 Å². The van der Waals surface area contributed by atoms with Gasteiger partial charge in [-0.05, 0) is 32.3 Å². The van der Waals surface area contributed by atoms with Crippen LogP contribution in [0.25, 0.3) is 0 Å². The van der Waals surface area contributed by atoms with E-state index in [0.717, 1.165) is 30.7 Å². The molecule has 1 unspecified atom stereocenters. The Morgan fingerprint density at radius 3 is 3.29 bits per heavy atom. The van der Waals surface area contributed by atoms with Crippen LogP contribution in [0.5, 0.6) is 5.75 Å². The third kappa shape index (κ3) is 1.60. The first-order valence-electron chi connectivity index (χ1n) is 5.19. The fourth-order valence-corrected chi connectivity index (χ4v) is 1.99. The highest BCUT2D eigenvalue weighted by atomic mass is 16.5. The summed E-state index contributed by atoms with van der Waals surface area (Å²) >= 11 is 0. The molecule has 1 heterocycles. The van der Waals surface area contributed by atoms with Crippen molar-refractivity contribution >= 4 is 0 Å². The van der Waals surface area contributed by atoms with Crippen molar-refractivity contribution in [2.45, 2.75) is 32.2 Å². The van der Waals surface area contributed by atoms with Crippen LogP contribution in [0.4, 0.5) is 0 Å². The third-order valence-electron chi connectivity index (χ3n) is 2.64. The summed E-state index contributed by atoms with van der Waals surface area (Å²) in [4.78, 5) is 4.34. The number of pyridine rings is 1.